The molecule has 0 spiro atoms. The van der Waals surface area contributed by atoms with Crippen molar-refractivity contribution in [2.24, 2.45) is 0 Å². The fourth-order valence-corrected chi connectivity index (χ4v) is 2.75. The van der Waals surface area contributed by atoms with Gasteiger partial charge in [-0.05, 0) is 38.0 Å². The number of imidazole rings is 1. The van der Waals surface area contributed by atoms with Gasteiger partial charge in [0.2, 0.25) is 0 Å². The molecule has 2 nitrogen and oxygen atoms in total. The number of nitrogens with zero attached hydrogens (tertiary/aromatic N) is 2. The second-order valence-electron chi connectivity index (χ2n) is 5.47. The third kappa shape index (κ3) is 2.46. The summed E-state index contributed by atoms with van der Waals surface area (Å²) in [5, 5.41) is 0. The Bertz CT molecular complexity index is 696. The first-order chi connectivity index (χ1) is 9.75. The molecule has 0 bridgehead atoms. The Morgan fingerprint density at radius 3 is 2.35 bits per heavy atom. The smallest absolute Gasteiger partial charge is 0.110 e. The van der Waals surface area contributed by atoms with Crippen molar-refractivity contribution in [1.29, 1.82) is 0 Å². The highest BCUT2D eigenvalue weighted by Crippen LogP contribution is 2.21. The van der Waals surface area contributed by atoms with E-state index in [1.165, 1.54) is 16.9 Å². The highest BCUT2D eigenvalue weighted by Gasteiger charge is 2.12. The molecule has 2 aromatic carbocycles. The van der Waals surface area contributed by atoms with Crippen LogP contribution in [0.2, 0.25) is 0 Å². The van der Waals surface area contributed by atoms with E-state index < -0.39 is 0 Å². The highest BCUT2D eigenvalue weighted by molar-refractivity contribution is 5.76. The predicted octanol–water partition coefficient (Wildman–Crippen LogP) is 4.40. The molecule has 0 aliphatic carbocycles. The molecule has 0 N–H and O–H groups in total. The minimum Gasteiger partial charge on any atom is -0.325 e. The van der Waals surface area contributed by atoms with Crippen LogP contribution in [0, 0.1) is 0 Å². The van der Waals surface area contributed by atoms with Gasteiger partial charge in [-0.2, -0.15) is 0 Å². The predicted molar refractivity (Wildman–Crippen MR) is 84.0 cm³/mol. The molecule has 3 rings (SSSR count). The standard InChI is InChI=1S/C18H20N2/c1-14(2)20-17-11-7-6-10-16(17)19-18(20)13-12-15-8-4-3-5-9-15/h3-11,14H,12-13H2,1-2H3. The Balaban J connectivity index is 1.93. The molecule has 1 aromatic heterocycles. The van der Waals surface area contributed by atoms with E-state index in [0.717, 1.165) is 18.4 Å². The topological polar surface area (TPSA) is 17.8 Å². The molecule has 0 fully saturated rings. The van der Waals surface area contributed by atoms with E-state index in [-0.39, 0.29) is 0 Å². The molecule has 0 aliphatic heterocycles. The number of para-hydroxylation sites is 2. The zero-order valence-electron chi connectivity index (χ0n) is 12.1. The van der Waals surface area contributed by atoms with Crippen LogP contribution in [0.5, 0.6) is 0 Å². The zero-order valence-corrected chi connectivity index (χ0v) is 12.1. The van der Waals surface area contributed by atoms with Crippen molar-refractivity contribution in [2.75, 3.05) is 0 Å². The van der Waals surface area contributed by atoms with Gasteiger partial charge in [-0.15, -0.1) is 0 Å². The number of aryl methyl sites for hydroxylation is 2. The van der Waals surface area contributed by atoms with Crippen LogP contribution in [0.25, 0.3) is 11.0 Å². The van der Waals surface area contributed by atoms with Gasteiger partial charge in [-0.1, -0.05) is 42.5 Å². The molecular weight excluding hydrogens is 244 g/mol. The Morgan fingerprint density at radius 2 is 1.60 bits per heavy atom. The number of fused-ring (bicyclic) bond motifs is 1. The van der Waals surface area contributed by atoms with Gasteiger partial charge in [0.25, 0.3) is 0 Å². The van der Waals surface area contributed by atoms with E-state index in [0.29, 0.717) is 6.04 Å². The molecule has 0 aliphatic rings. The Labute approximate surface area is 120 Å². The summed E-state index contributed by atoms with van der Waals surface area (Å²) < 4.78 is 2.36. The molecular formula is C18H20N2. The lowest BCUT2D eigenvalue weighted by Gasteiger charge is -2.13. The van der Waals surface area contributed by atoms with Gasteiger partial charge in [-0.3, -0.25) is 0 Å². The van der Waals surface area contributed by atoms with Gasteiger partial charge in [-0.25, -0.2) is 4.98 Å². The summed E-state index contributed by atoms with van der Waals surface area (Å²) in [6, 6.07) is 19.5. The van der Waals surface area contributed by atoms with Gasteiger partial charge in [0, 0.05) is 12.5 Å². The molecule has 0 unspecified atom stereocenters. The van der Waals surface area contributed by atoms with Gasteiger partial charge in [0.1, 0.15) is 5.82 Å². The first-order valence-corrected chi connectivity index (χ1v) is 7.25. The summed E-state index contributed by atoms with van der Waals surface area (Å²) in [5.41, 5.74) is 3.71. The second-order valence-corrected chi connectivity index (χ2v) is 5.47. The van der Waals surface area contributed by atoms with Crippen LogP contribution in [0.3, 0.4) is 0 Å². The van der Waals surface area contributed by atoms with Crippen LogP contribution in [0.15, 0.2) is 54.6 Å². The third-order valence-corrected chi connectivity index (χ3v) is 3.67. The summed E-state index contributed by atoms with van der Waals surface area (Å²) in [4.78, 5) is 4.81. The molecule has 1 heterocycles. The maximum atomic E-state index is 4.81. The lowest BCUT2D eigenvalue weighted by molar-refractivity contribution is 0.582. The van der Waals surface area contributed by atoms with Crippen molar-refractivity contribution in [1.82, 2.24) is 9.55 Å². The molecule has 0 saturated carbocycles. The van der Waals surface area contributed by atoms with E-state index in [1.807, 2.05) is 0 Å². The molecule has 2 heteroatoms. The zero-order chi connectivity index (χ0) is 13.9. The highest BCUT2D eigenvalue weighted by atomic mass is 15.1. The number of aromatic nitrogens is 2. The Morgan fingerprint density at radius 1 is 0.900 bits per heavy atom. The van der Waals surface area contributed by atoms with E-state index in [4.69, 9.17) is 4.98 Å². The van der Waals surface area contributed by atoms with Gasteiger partial charge < -0.3 is 4.57 Å². The Hall–Kier alpha value is -2.09. The molecule has 102 valence electrons. The van der Waals surface area contributed by atoms with Crippen molar-refractivity contribution in [3.05, 3.63) is 66.0 Å². The van der Waals surface area contributed by atoms with Crippen LogP contribution in [0.4, 0.5) is 0 Å². The van der Waals surface area contributed by atoms with Crippen molar-refractivity contribution < 1.29 is 0 Å². The molecule has 3 aromatic rings. The van der Waals surface area contributed by atoms with Crippen LogP contribution < -0.4 is 0 Å². The van der Waals surface area contributed by atoms with Crippen LogP contribution in [-0.2, 0) is 12.8 Å². The van der Waals surface area contributed by atoms with E-state index in [9.17, 15) is 0 Å². The van der Waals surface area contributed by atoms with Crippen molar-refractivity contribution in [3.8, 4) is 0 Å². The van der Waals surface area contributed by atoms with Gasteiger partial charge in [0.15, 0.2) is 0 Å². The molecule has 20 heavy (non-hydrogen) atoms. The van der Waals surface area contributed by atoms with Crippen molar-refractivity contribution >= 4 is 11.0 Å². The lowest BCUT2D eigenvalue weighted by Crippen LogP contribution is -2.07. The monoisotopic (exact) mass is 264 g/mol. The van der Waals surface area contributed by atoms with Gasteiger partial charge >= 0.3 is 0 Å². The minimum absolute atomic E-state index is 0.438. The minimum atomic E-state index is 0.438. The third-order valence-electron chi connectivity index (χ3n) is 3.67. The summed E-state index contributed by atoms with van der Waals surface area (Å²) in [6.07, 6.45) is 2.02. The molecule has 0 radical (unpaired) electrons. The Kier molecular flexibility index (Phi) is 3.55. The second kappa shape index (κ2) is 5.49. The number of hydrogen-bond donors (Lipinski definition) is 0. The average Bonchev–Trinajstić information content (AvgIpc) is 2.84. The van der Waals surface area contributed by atoms with Gasteiger partial charge in [0.05, 0.1) is 11.0 Å². The molecule has 0 atom stereocenters. The summed E-state index contributed by atoms with van der Waals surface area (Å²) >= 11 is 0. The van der Waals surface area contributed by atoms with E-state index >= 15 is 0 Å². The number of benzene rings is 2. The van der Waals surface area contributed by atoms with Crippen molar-refractivity contribution in [2.45, 2.75) is 32.7 Å². The normalized spacial score (nSPS) is 11.3. The summed E-state index contributed by atoms with van der Waals surface area (Å²) in [5.74, 6) is 1.19. The maximum Gasteiger partial charge on any atom is 0.110 e. The quantitative estimate of drug-likeness (QED) is 0.683. The van der Waals surface area contributed by atoms with Crippen molar-refractivity contribution in [3.63, 3.8) is 0 Å². The van der Waals surface area contributed by atoms with Crippen LogP contribution >= 0.6 is 0 Å². The molecule has 0 saturated heterocycles. The largest absolute Gasteiger partial charge is 0.325 e. The first kappa shape index (κ1) is 12.9. The summed E-state index contributed by atoms with van der Waals surface area (Å²) in [7, 11) is 0. The summed E-state index contributed by atoms with van der Waals surface area (Å²) in [6.45, 7) is 4.44. The van der Waals surface area contributed by atoms with E-state index in [1.54, 1.807) is 0 Å². The van der Waals surface area contributed by atoms with Crippen LogP contribution in [-0.4, -0.2) is 9.55 Å². The van der Waals surface area contributed by atoms with Crippen LogP contribution in [0.1, 0.15) is 31.3 Å². The fourth-order valence-electron chi connectivity index (χ4n) is 2.75. The number of hydrogen-bond acceptors (Lipinski definition) is 1. The fraction of sp³-hybridized carbons (Fsp3) is 0.278. The maximum absolute atomic E-state index is 4.81. The number of rotatable bonds is 4. The lowest BCUT2D eigenvalue weighted by atomic mass is 10.1. The van der Waals surface area contributed by atoms with E-state index in [2.05, 4.69) is 73.0 Å². The molecule has 0 amide bonds. The SMILES string of the molecule is CC(C)n1c(CCc2ccccc2)nc2ccccc21. The first-order valence-electron chi connectivity index (χ1n) is 7.25. The average molecular weight is 264 g/mol.